The molecular weight excluding hydrogens is 144 g/mol. The Morgan fingerprint density at radius 3 is 2.45 bits per heavy atom. The molecule has 66 valence electrons. The molecule has 3 heteroatoms. The van der Waals surface area contributed by atoms with Crippen molar-refractivity contribution in [2.75, 3.05) is 6.61 Å². The fraction of sp³-hybridized carbons (Fsp3) is 0.875. The second-order valence-corrected chi connectivity index (χ2v) is 2.69. The third-order valence-corrected chi connectivity index (χ3v) is 1.70. The predicted molar refractivity (Wildman–Crippen MR) is 42.4 cm³/mol. The lowest BCUT2D eigenvalue weighted by Crippen LogP contribution is -2.13. The second-order valence-electron chi connectivity index (χ2n) is 2.69. The van der Waals surface area contributed by atoms with E-state index in [2.05, 4.69) is 0 Å². The molecular formula is C8H16O3. The van der Waals surface area contributed by atoms with Crippen LogP contribution in [0, 0.1) is 5.92 Å². The molecule has 0 aromatic heterocycles. The number of hydrogen-bond donors (Lipinski definition) is 2. The van der Waals surface area contributed by atoms with E-state index in [9.17, 15) is 4.79 Å². The highest BCUT2D eigenvalue weighted by atomic mass is 16.4. The van der Waals surface area contributed by atoms with E-state index < -0.39 is 5.97 Å². The van der Waals surface area contributed by atoms with E-state index in [1.807, 2.05) is 6.92 Å². The summed E-state index contributed by atoms with van der Waals surface area (Å²) in [7, 11) is 0. The quantitative estimate of drug-likeness (QED) is 0.615. The Hall–Kier alpha value is -0.570. The largest absolute Gasteiger partial charge is 0.481 e. The van der Waals surface area contributed by atoms with Crippen molar-refractivity contribution in [2.45, 2.75) is 32.6 Å². The van der Waals surface area contributed by atoms with Crippen molar-refractivity contribution in [3.05, 3.63) is 0 Å². The summed E-state index contributed by atoms with van der Waals surface area (Å²) >= 11 is 0. The summed E-state index contributed by atoms with van der Waals surface area (Å²) in [6.07, 6.45) is 2.80. The van der Waals surface area contributed by atoms with Crippen LogP contribution < -0.4 is 0 Å². The van der Waals surface area contributed by atoms with Crippen LogP contribution in [0.3, 0.4) is 0 Å². The van der Waals surface area contributed by atoms with Crippen LogP contribution in [0.5, 0.6) is 0 Å². The number of aliphatic hydroxyl groups is 1. The van der Waals surface area contributed by atoms with Crippen LogP contribution >= 0.6 is 0 Å². The lowest BCUT2D eigenvalue weighted by atomic mass is 9.98. The molecule has 0 aliphatic heterocycles. The first-order valence-corrected chi connectivity index (χ1v) is 4.06. The molecule has 0 aliphatic rings. The highest BCUT2D eigenvalue weighted by molar-refractivity contribution is 5.69. The number of aliphatic carboxylic acids is 1. The van der Waals surface area contributed by atoms with Gasteiger partial charge in [-0.3, -0.25) is 4.79 Å². The van der Waals surface area contributed by atoms with Crippen LogP contribution in [-0.2, 0) is 4.79 Å². The van der Waals surface area contributed by atoms with Crippen LogP contribution in [0.4, 0.5) is 0 Å². The lowest BCUT2D eigenvalue weighted by molar-refractivity contribution is -0.142. The van der Waals surface area contributed by atoms with Gasteiger partial charge in [0.25, 0.3) is 0 Å². The molecule has 0 amide bonds. The number of carbonyl (C=O) groups is 1. The van der Waals surface area contributed by atoms with Gasteiger partial charge in [0.05, 0.1) is 5.92 Å². The number of carboxylic acid groups (broad SMARTS) is 1. The van der Waals surface area contributed by atoms with Gasteiger partial charge in [-0.15, -0.1) is 0 Å². The van der Waals surface area contributed by atoms with E-state index >= 15 is 0 Å². The minimum absolute atomic E-state index is 0.0908. The molecule has 1 unspecified atom stereocenters. The van der Waals surface area contributed by atoms with Crippen LogP contribution in [0.25, 0.3) is 0 Å². The molecule has 0 fully saturated rings. The maximum atomic E-state index is 10.5. The van der Waals surface area contributed by atoms with Gasteiger partial charge in [-0.05, 0) is 19.3 Å². The third kappa shape index (κ3) is 4.79. The Bertz CT molecular complexity index is 112. The van der Waals surface area contributed by atoms with E-state index in [4.69, 9.17) is 10.2 Å². The van der Waals surface area contributed by atoms with Crippen molar-refractivity contribution in [3.8, 4) is 0 Å². The van der Waals surface area contributed by atoms with Crippen molar-refractivity contribution >= 4 is 5.97 Å². The average Bonchev–Trinajstić information content (AvgIpc) is 1.97. The Labute approximate surface area is 67.0 Å². The Kier molecular flexibility index (Phi) is 5.84. The molecule has 0 aromatic carbocycles. The summed E-state index contributed by atoms with van der Waals surface area (Å²) in [6.45, 7) is 2.06. The van der Waals surface area contributed by atoms with Crippen molar-refractivity contribution in [3.63, 3.8) is 0 Å². The minimum atomic E-state index is -0.736. The second kappa shape index (κ2) is 6.16. The fourth-order valence-corrected chi connectivity index (χ4v) is 1.08. The molecule has 0 saturated carbocycles. The monoisotopic (exact) mass is 160 g/mol. The van der Waals surface area contributed by atoms with Gasteiger partial charge in [0.1, 0.15) is 0 Å². The highest BCUT2D eigenvalue weighted by Gasteiger charge is 2.14. The Morgan fingerprint density at radius 1 is 1.45 bits per heavy atom. The molecule has 11 heavy (non-hydrogen) atoms. The summed E-state index contributed by atoms with van der Waals surface area (Å²) in [6, 6.07) is 0. The third-order valence-electron chi connectivity index (χ3n) is 1.70. The van der Waals surface area contributed by atoms with Crippen LogP contribution in [-0.4, -0.2) is 22.8 Å². The molecule has 0 radical (unpaired) electrons. The molecule has 0 aromatic rings. The molecule has 0 heterocycles. The number of rotatable bonds is 6. The SMILES string of the molecule is CCCC(CCCO)C(=O)O. The van der Waals surface area contributed by atoms with Crippen molar-refractivity contribution in [1.29, 1.82) is 0 Å². The van der Waals surface area contributed by atoms with E-state index in [0.717, 1.165) is 12.8 Å². The van der Waals surface area contributed by atoms with Crippen molar-refractivity contribution in [2.24, 2.45) is 5.92 Å². The maximum Gasteiger partial charge on any atom is 0.306 e. The first kappa shape index (κ1) is 10.4. The molecule has 0 spiro atoms. The van der Waals surface area contributed by atoms with Gasteiger partial charge in [-0.2, -0.15) is 0 Å². The van der Waals surface area contributed by atoms with Crippen LogP contribution in [0.1, 0.15) is 32.6 Å². The van der Waals surface area contributed by atoms with Gasteiger partial charge in [-0.1, -0.05) is 13.3 Å². The van der Waals surface area contributed by atoms with Gasteiger partial charge >= 0.3 is 5.97 Å². The molecule has 0 aliphatic carbocycles. The van der Waals surface area contributed by atoms with Crippen LogP contribution in [0.2, 0.25) is 0 Å². The summed E-state index contributed by atoms with van der Waals surface area (Å²) in [5, 5.41) is 17.1. The highest BCUT2D eigenvalue weighted by Crippen LogP contribution is 2.12. The summed E-state index contributed by atoms with van der Waals surface area (Å²) < 4.78 is 0. The van der Waals surface area contributed by atoms with Crippen molar-refractivity contribution in [1.82, 2.24) is 0 Å². The van der Waals surface area contributed by atoms with E-state index in [-0.39, 0.29) is 12.5 Å². The van der Waals surface area contributed by atoms with Crippen molar-refractivity contribution < 1.29 is 15.0 Å². The molecule has 2 N–H and O–H groups in total. The van der Waals surface area contributed by atoms with Gasteiger partial charge in [0.15, 0.2) is 0 Å². The molecule has 0 rings (SSSR count). The zero-order valence-electron chi connectivity index (χ0n) is 6.92. The zero-order valence-corrected chi connectivity index (χ0v) is 6.92. The topological polar surface area (TPSA) is 57.5 Å². The Morgan fingerprint density at radius 2 is 2.09 bits per heavy atom. The minimum Gasteiger partial charge on any atom is -0.481 e. The average molecular weight is 160 g/mol. The molecule has 3 nitrogen and oxygen atoms in total. The standard InChI is InChI=1S/C8H16O3/c1-2-4-7(8(10)11)5-3-6-9/h7,9H,2-6H2,1H3,(H,10,11). The van der Waals surface area contributed by atoms with E-state index in [0.29, 0.717) is 12.8 Å². The van der Waals surface area contributed by atoms with Gasteiger partial charge in [-0.25, -0.2) is 0 Å². The molecule has 0 saturated heterocycles. The van der Waals surface area contributed by atoms with Crippen LogP contribution in [0.15, 0.2) is 0 Å². The number of hydrogen-bond acceptors (Lipinski definition) is 2. The molecule has 1 atom stereocenters. The maximum absolute atomic E-state index is 10.5. The van der Waals surface area contributed by atoms with E-state index in [1.54, 1.807) is 0 Å². The number of aliphatic hydroxyl groups excluding tert-OH is 1. The summed E-state index contributed by atoms with van der Waals surface area (Å²) in [4.78, 5) is 10.5. The molecule has 0 bridgehead atoms. The van der Waals surface area contributed by atoms with Gasteiger partial charge in [0.2, 0.25) is 0 Å². The zero-order chi connectivity index (χ0) is 8.69. The number of carboxylic acids is 1. The summed E-state index contributed by atoms with van der Waals surface area (Å²) in [5.41, 5.74) is 0. The summed E-state index contributed by atoms with van der Waals surface area (Å²) in [5.74, 6) is -0.993. The predicted octanol–water partition coefficient (Wildman–Crippen LogP) is 1.26. The first-order chi connectivity index (χ1) is 5.22. The fourth-order valence-electron chi connectivity index (χ4n) is 1.08. The Balaban J connectivity index is 3.60. The lowest BCUT2D eigenvalue weighted by Gasteiger charge is -2.08. The van der Waals surface area contributed by atoms with Gasteiger partial charge < -0.3 is 10.2 Å². The smallest absolute Gasteiger partial charge is 0.306 e. The van der Waals surface area contributed by atoms with E-state index in [1.165, 1.54) is 0 Å². The normalized spacial score (nSPS) is 12.9. The van der Waals surface area contributed by atoms with Gasteiger partial charge in [0, 0.05) is 6.61 Å². The first-order valence-electron chi connectivity index (χ1n) is 4.06.